The van der Waals surface area contributed by atoms with Crippen molar-refractivity contribution in [1.82, 2.24) is 4.90 Å². The van der Waals surface area contributed by atoms with Crippen LogP contribution in [0.15, 0.2) is 18.2 Å². The predicted molar refractivity (Wildman–Crippen MR) is 78.7 cm³/mol. The van der Waals surface area contributed by atoms with Crippen LogP contribution in [0.5, 0.6) is 0 Å². The molecule has 1 aromatic rings. The minimum Gasteiger partial charge on any atom is -0.338 e. The second kappa shape index (κ2) is 8.04. The third-order valence-electron chi connectivity index (χ3n) is 2.92. The fourth-order valence-electron chi connectivity index (χ4n) is 1.85. The van der Waals surface area contributed by atoms with Crippen molar-refractivity contribution < 1.29 is 9.18 Å². The summed E-state index contributed by atoms with van der Waals surface area (Å²) >= 11 is 0. The van der Waals surface area contributed by atoms with E-state index in [1.807, 2.05) is 6.92 Å². The van der Waals surface area contributed by atoms with Crippen LogP contribution < -0.4 is 5.73 Å². The van der Waals surface area contributed by atoms with Crippen LogP contribution in [0.1, 0.15) is 29.8 Å². The molecule has 0 aliphatic heterocycles. The molecule has 0 aliphatic rings. The van der Waals surface area contributed by atoms with Gasteiger partial charge >= 0.3 is 0 Å². The van der Waals surface area contributed by atoms with E-state index in [2.05, 4.69) is 17.9 Å². The van der Waals surface area contributed by atoms with Crippen molar-refractivity contribution in [1.29, 1.82) is 5.26 Å². The van der Waals surface area contributed by atoms with E-state index in [9.17, 15) is 9.18 Å². The smallest absolute Gasteiger partial charge is 0.255 e. The summed E-state index contributed by atoms with van der Waals surface area (Å²) in [5.74, 6) is 4.35. The molecule has 1 atom stereocenters. The van der Waals surface area contributed by atoms with Crippen LogP contribution in [-0.2, 0) is 0 Å². The van der Waals surface area contributed by atoms with Crippen molar-refractivity contribution >= 4 is 5.91 Å². The van der Waals surface area contributed by atoms with E-state index in [0.717, 1.165) is 0 Å². The molecule has 1 rings (SSSR count). The van der Waals surface area contributed by atoms with Crippen LogP contribution in [0.25, 0.3) is 0 Å². The molecule has 0 radical (unpaired) electrons. The highest BCUT2D eigenvalue weighted by Gasteiger charge is 2.19. The first-order valence-electron chi connectivity index (χ1n) is 6.70. The van der Waals surface area contributed by atoms with Gasteiger partial charge in [-0.1, -0.05) is 11.8 Å². The number of amides is 1. The molecule has 1 aromatic carbocycles. The Hall–Kier alpha value is -2.37. The van der Waals surface area contributed by atoms with Crippen molar-refractivity contribution in [2.75, 3.05) is 19.6 Å². The molecule has 0 saturated heterocycles. The van der Waals surface area contributed by atoms with E-state index in [-0.39, 0.29) is 18.4 Å². The van der Waals surface area contributed by atoms with E-state index in [0.29, 0.717) is 24.2 Å². The Morgan fingerprint density at radius 3 is 2.81 bits per heavy atom. The summed E-state index contributed by atoms with van der Waals surface area (Å²) in [5.41, 5.74) is 5.95. The largest absolute Gasteiger partial charge is 0.338 e. The highest BCUT2D eigenvalue weighted by Crippen LogP contribution is 2.14. The summed E-state index contributed by atoms with van der Waals surface area (Å²) in [6, 6.07) is 5.95. The number of hydrogen-bond acceptors (Lipinski definition) is 3. The zero-order valence-electron chi connectivity index (χ0n) is 12.2. The quantitative estimate of drug-likeness (QED) is 0.858. The molecular weight excluding hydrogens is 269 g/mol. The van der Waals surface area contributed by atoms with Gasteiger partial charge in [-0.25, -0.2) is 4.39 Å². The number of nitriles is 1. The Kier molecular flexibility index (Phi) is 6.39. The van der Waals surface area contributed by atoms with Gasteiger partial charge < -0.3 is 10.6 Å². The average Bonchev–Trinajstić information content (AvgIpc) is 2.49. The fourth-order valence-corrected chi connectivity index (χ4v) is 1.85. The van der Waals surface area contributed by atoms with Gasteiger partial charge in [0.25, 0.3) is 5.91 Å². The maximum absolute atomic E-state index is 13.3. The minimum atomic E-state index is -0.457. The third kappa shape index (κ3) is 4.59. The highest BCUT2D eigenvalue weighted by molar-refractivity contribution is 5.96. The van der Waals surface area contributed by atoms with E-state index < -0.39 is 5.82 Å². The first-order chi connectivity index (χ1) is 10.0. The van der Waals surface area contributed by atoms with Crippen LogP contribution in [-0.4, -0.2) is 30.4 Å². The standard InChI is InChI=1S/C16H18FN3O/c1-3-20(11-12(2)10-19)16(21)15-7-6-14(17)9-13(15)5-4-8-18/h6-7,9,12H,3,8,11,18H2,1-2H3. The molecule has 110 valence electrons. The summed E-state index contributed by atoms with van der Waals surface area (Å²) in [5, 5.41) is 8.86. The van der Waals surface area contributed by atoms with Gasteiger partial charge in [-0.15, -0.1) is 0 Å². The molecule has 21 heavy (non-hydrogen) atoms. The molecule has 2 N–H and O–H groups in total. The zero-order chi connectivity index (χ0) is 15.8. The lowest BCUT2D eigenvalue weighted by Crippen LogP contribution is -2.34. The summed E-state index contributed by atoms with van der Waals surface area (Å²) in [6.07, 6.45) is 0. The maximum atomic E-state index is 13.3. The molecule has 0 heterocycles. The average molecular weight is 287 g/mol. The Morgan fingerprint density at radius 2 is 2.24 bits per heavy atom. The maximum Gasteiger partial charge on any atom is 0.255 e. The fraction of sp³-hybridized carbons (Fsp3) is 0.375. The van der Waals surface area contributed by atoms with Crippen LogP contribution in [0.4, 0.5) is 4.39 Å². The topological polar surface area (TPSA) is 70.1 Å². The zero-order valence-corrected chi connectivity index (χ0v) is 12.2. The first-order valence-corrected chi connectivity index (χ1v) is 6.70. The van der Waals surface area contributed by atoms with Gasteiger partial charge in [0, 0.05) is 18.7 Å². The second-order valence-corrected chi connectivity index (χ2v) is 4.57. The summed E-state index contributed by atoms with van der Waals surface area (Å²) in [4.78, 5) is 14.1. The van der Waals surface area contributed by atoms with E-state index in [1.54, 1.807) is 11.8 Å². The van der Waals surface area contributed by atoms with Gasteiger partial charge in [0.05, 0.1) is 24.1 Å². The van der Waals surface area contributed by atoms with Gasteiger partial charge in [-0.2, -0.15) is 5.26 Å². The van der Waals surface area contributed by atoms with E-state index in [4.69, 9.17) is 11.0 Å². The molecule has 4 nitrogen and oxygen atoms in total. The molecule has 5 heteroatoms. The second-order valence-electron chi connectivity index (χ2n) is 4.57. The molecule has 1 unspecified atom stereocenters. The van der Waals surface area contributed by atoms with E-state index >= 15 is 0 Å². The first kappa shape index (κ1) is 16.7. The Bertz CT molecular complexity index is 610. The van der Waals surface area contributed by atoms with Crippen LogP contribution >= 0.6 is 0 Å². The minimum absolute atomic E-state index is 0.132. The SMILES string of the molecule is CCN(CC(C)C#N)C(=O)c1ccc(F)cc1C#CCN. The number of nitrogens with two attached hydrogens (primary N) is 1. The number of halogens is 1. The number of nitrogens with zero attached hydrogens (tertiary/aromatic N) is 2. The van der Waals surface area contributed by atoms with Gasteiger partial charge in [0.15, 0.2) is 0 Å². The molecule has 0 saturated carbocycles. The third-order valence-corrected chi connectivity index (χ3v) is 2.92. The Labute approximate surface area is 124 Å². The van der Waals surface area contributed by atoms with Crippen LogP contribution in [0.3, 0.4) is 0 Å². The predicted octanol–water partition coefficient (Wildman–Crippen LogP) is 1.76. The van der Waals surface area contributed by atoms with Crippen molar-refractivity contribution in [3.63, 3.8) is 0 Å². The monoisotopic (exact) mass is 287 g/mol. The molecule has 0 spiro atoms. The van der Waals surface area contributed by atoms with Crippen molar-refractivity contribution in [2.24, 2.45) is 11.7 Å². The van der Waals surface area contributed by atoms with Gasteiger partial charge in [0.2, 0.25) is 0 Å². The Morgan fingerprint density at radius 1 is 1.52 bits per heavy atom. The summed E-state index contributed by atoms with van der Waals surface area (Å²) < 4.78 is 13.3. The number of rotatable bonds is 4. The number of carbonyl (C=O) groups excluding carboxylic acids is 1. The van der Waals surface area contributed by atoms with Crippen molar-refractivity contribution in [3.05, 3.63) is 35.1 Å². The lowest BCUT2D eigenvalue weighted by atomic mass is 10.1. The van der Waals surface area contributed by atoms with Crippen molar-refractivity contribution in [3.8, 4) is 17.9 Å². The molecule has 0 fully saturated rings. The molecule has 1 amide bonds. The van der Waals surface area contributed by atoms with E-state index in [1.165, 1.54) is 18.2 Å². The van der Waals surface area contributed by atoms with Crippen LogP contribution in [0.2, 0.25) is 0 Å². The molecular formula is C16H18FN3O. The Balaban J connectivity index is 3.13. The lowest BCUT2D eigenvalue weighted by Gasteiger charge is -2.22. The summed E-state index contributed by atoms with van der Waals surface area (Å²) in [6.45, 7) is 4.50. The van der Waals surface area contributed by atoms with Crippen LogP contribution in [0, 0.1) is 34.9 Å². The number of carbonyl (C=O) groups is 1. The molecule has 0 aliphatic carbocycles. The van der Waals surface area contributed by atoms with Gasteiger partial charge in [-0.05, 0) is 32.0 Å². The molecule has 0 aromatic heterocycles. The normalized spacial score (nSPS) is 11.0. The lowest BCUT2D eigenvalue weighted by molar-refractivity contribution is 0.0752. The highest BCUT2D eigenvalue weighted by atomic mass is 19.1. The van der Waals surface area contributed by atoms with Gasteiger partial charge in [-0.3, -0.25) is 4.79 Å². The van der Waals surface area contributed by atoms with Crippen molar-refractivity contribution in [2.45, 2.75) is 13.8 Å². The number of benzene rings is 1. The number of hydrogen-bond donors (Lipinski definition) is 1. The van der Waals surface area contributed by atoms with Gasteiger partial charge in [0.1, 0.15) is 5.82 Å². The summed E-state index contributed by atoms with van der Waals surface area (Å²) in [7, 11) is 0. The molecule has 0 bridgehead atoms.